The predicted molar refractivity (Wildman–Crippen MR) is 100 cm³/mol. The molecule has 0 bridgehead atoms. The van der Waals surface area contributed by atoms with Gasteiger partial charge in [-0.05, 0) is 12.5 Å². The lowest BCUT2D eigenvalue weighted by Crippen LogP contribution is -2.20. The van der Waals surface area contributed by atoms with Crippen molar-refractivity contribution in [1.29, 1.82) is 0 Å². The lowest BCUT2D eigenvalue weighted by molar-refractivity contribution is -0.119. The Bertz CT molecular complexity index is 510. The Hall–Kier alpha value is -0.880. The first kappa shape index (κ1) is 22.2. The number of hydrogen-bond donors (Lipinski definition) is 1. The second-order valence-electron chi connectivity index (χ2n) is 7.00. The molecule has 1 unspecified atom stereocenters. The first-order chi connectivity index (χ1) is 11.9. The number of carbonyl (C=O) groups is 1. The van der Waals surface area contributed by atoms with E-state index in [9.17, 15) is 13.2 Å². The van der Waals surface area contributed by atoms with Crippen LogP contribution in [-0.4, -0.2) is 30.6 Å². The highest BCUT2D eigenvalue weighted by molar-refractivity contribution is 7.85. The molecule has 1 rings (SSSR count). The largest absolute Gasteiger partial charge is 0.486 e. The summed E-state index contributed by atoms with van der Waals surface area (Å²) >= 11 is 0. The van der Waals surface area contributed by atoms with Crippen LogP contribution in [0.15, 0.2) is 11.8 Å². The van der Waals surface area contributed by atoms with Crippen molar-refractivity contribution in [2.45, 2.75) is 96.5 Å². The minimum Gasteiger partial charge on any atom is -0.486 e. The fraction of sp³-hybridized carbons (Fsp3) is 0.842. The van der Waals surface area contributed by atoms with Gasteiger partial charge in [-0.2, -0.15) is 8.42 Å². The highest BCUT2D eigenvalue weighted by Crippen LogP contribution is 2.21. The molecule has 0 aromatic carbocycles. The number of allylic oxidation sites excluding steroid dienone is 1. The summed E-state index contributed by atoms with van der Waals surface area (Å²) in [7, 11) is -4.07. The van der Waals surface area contributed by atoms with Gasteiger partial charge in [0.1, 0.15) is 11.9 Å². The molecule has 0 aromatic rings. The molecule has 0 saturated heterocycles. The maximum Gasteiger partial charge on any atom is 0.268 e. The Kier molecular flexibility index (Phi) is 11.1. The van der Waals surface area contributed by atoms with E-state index in [1.54, 1.807) is 6.08 Å². The molecule has 5 nitrogen and oxygen atoms in total. The third-order valence-electron chi connectivity index (χ3n) is 4.54. The smallest absolute Gasteiger partial charge is 0.268 e. The molecule has 1 aliphatic heterocycles. The van der Waals surface area contributed by atoms with Crippen LogP contribution in [0.2, 0.25) is 0 Å². The number of ether oxygens (including phenoxy) is 1. The minimum absolute atomic E-state index is 0.0613. The molecule has 0 spiro atoms. The molecule has 1 heterocycles. The second kappa shape index (κ2) is 12.5. The van der Waals surface area contributed by atoms with Gasteiger partial charge in [0.25, 0.3) is 10.1 Å². The summed E-state index contributed by atoms with van der Waals surface area (Å²) in [6.07, 6.45) is 15.4. The molecule has 25 heavy (non-hydrogen) atoms. The summed E-state index contributed by atoms with van der Waals surface area (Å²) in [6, 6.07) is 0. The summed E-state index contributed by atoms with van der Waals surface area (Å²) in [5, 5.41) is 0. The summed E-state index contributed by atoms with van der Waals surface area (Å²) in [5.74, 6) is -0.256. The molecular formula is C19H34O5S. The molecule has 0 aromatic heterocycles. The van der Waals surface area contributed by atoms with Gasteiger partial charge in [-0.3, -0.25) is 9.35 Å². The van der Waals surface area contributed by atoms with Crippen LogP contribution < -0.4 is 0 Å². The van der Waals surface area contributed by atoms with Gasteiger partial charge in [-0.25, -0.2) is 0 Å². The lowest BCUT2D eigenvalue weighted by Gasteiger charge is -2.10. The molecular weight excluding hydrogens is 340 g/mol. The van der Waals surface area contributed by atoms with E-state index in [1.807, 2.05) is 0 Å². The summed E-state index contributed by atoms with van der Waals surface area (Å²) in [4.78, 5) is 12.0. The fourth-order valence-corrected chi connectivity index (χ4v) is 3.78. The molecule has 1 aliphatic rings. The van der Waals surface area contributed by atoms with Crippen molar-refractivity contribution in [2.75, 3.05) is 5.75 Å². The quantitative estimate of drug-likeness (QED) is 0.328. The predicted octanol–water partition coefficient (Wildman–Crippen LogP) is 4.82. The molecule has 0 aliphatic carbocycles. The number of Topliss-reactive ketones (excluding diaryl/α,β-unsaturated/α-hetero) is 1. The van der Waals surface area contributed by atoms with Gasteiger partial charge in [0.05, 0.1) is 0 Å². The monoisotopic (exact) mass is 374 g/mol. The number of ketones is 1. The van der Waals surface area contributed by atoms with Gasteiger partial charge >= 0.3 is 0 Å². The zero-order valence-electron chi connectivity index (χ0n) is 15.5. The number of unbranched alkanes of at least 4 members (excludes halogenated alkanes) is 10. The van der Waals surface area contributed by atoms with Crippen LogP contribution in [0.1, 0.15) is 90.4 Å². The first-order valence-electron chi connectivity index (χ1n) is 9.77. The van der Waals surface area contributed by atoms with Crippen LogP contribution in [0.4, 0.5) is 0 Å². The van der Waals surface area contributed by atoms with Crippen LogP contribution in [0.5, 0.6) is 0 Å². The SMILES string of the molecule is CCCCCCCCCCCCCC(=O)C1=CCC(CS(=O)(=O)O)O1. The Labute approximate surface area is 153 Å². The van der Waals surface area contributed by atoms with Crippen molar-refractivity contribution in [1.82, 2.24) is 0 Å². The zero-order chi connectivity index (χ0) is 18.5. The average Bonchev–Trinajstić information content (AvgIpc) is 2.99. The molecule has 0 fully saturated rings. The summed E-state index contributed by atoms with van der Waals surface area (Å²) < 4.78 is 35.8. The summed E-state index contributed by atoms with van der Waals surface area (Å²) in [6.45, 7) is 2.23. The van der Waals surface area contributed by atoms with Gasteiger partial charge in [0, 0.05) is 12.8 Å². The van der Waals surface area contributed by atoms with Crippen LogP contribution in [0.25, 0.3) is 0 Å². The zero-order valence-corrected chi connectivity index (χ0v) is 16.4. The van der Waals surface area contributed by atoms with Gasteiger partial charge in [0.2, 0.25) is 0 Å². The normalized spacial score (nSPS) is 17.4. The topological polar surface area (TPSA) is 80.7 Å². The van der Waals surface area contributed by atoms with E-state index < -0.39 is 22.0 Å². The molecule has 0 saturated carbocycles. The van der Waals surface area contributed by atoms with Crippen molar-refractivity contribution in [2.24, 2.45) is 0 Å². The highest BCUT2D eigenvalue weighted by Gasteiger charge is 2.26. The van der Waals surface area contributed by atoms with Gasteiger partial charge in [-0.1, -0.05) is 71.1 Å². The van der Waals surface area contributed by atoms with E-state index in [1.165, 1.54) is 51.4 Å². The average molecular weight is 375 g/mol. The molecule has 146 valence electrons. The van der Waals surface area contributed by atoms with Crippen LogP contribution in [0.3, 0.4) is 0 Å². The maximum atomic E-state index is 12.0. The van der Waals surface area contributed by atoms with E-state index >= 15 is 0 Å². The number of carbonyl (C=O) groups excluding carboxylic acids is 1. The Balaban J connectivity index is 1.97. The van der Waals surface area contributed by atoms with Crippen molar-refractivity contribution in [3.05, 3.63) is 11.8 Å². The third-order valence-corrected chi connectivity index (χ3v) is 5.33. The number of rotatable bonds is 15. The molecule has 1 atom stereocenters. The van der Waals surface area contributed by atoms with Crippen molar-refractivity contribution < 1.29 is 22.5 Å². The molecule has 0 amide bonds. The maximum absolute atomic E-state index is 12.0. The minimum atomic E-state index is -4.07. The second-order valence-corrected chi connectivity index (χ2v) is 8.50. The number of hydrogen-bond acceptors (Lipinski definition) is 4. The Morgan fingerprint density at radius 2 is 1.56 bits per heavy atom. The van der Waals surface area contributed by atoms with Crippen LogP contribution >= 0.6 is 0 Å². The van der Waals surface area contributed by atoms with E-state index in [0.717, 1.165) is 19.3 Å². The van der Waals surface area contributed by atoms with Crippen molar-refractivity contribution in [3.63, 3.8) is 0 Å². The Morgan fingerprint density at radius 3 is 2.08 bits per heavy atom. The van der Waals surface area contributed by atoms with Gasteiger partial charge in [0.15, 0.2) is 11.5 Å². The lowest BCUT2D eigenvalue weighted by atomic mass is 10.0. The molecule has 0 radical (unpaired) electrons. The molecule has 1 N–H and O–H groups in total. The van der Waals surface area contributed by atoms with Crippen LogP contribution in [0, 0.1) is 0 Å². The van der Waals surface area contributed by atoms with E-state index in [-0.39, 0.29) is 11.5 Å². The van der Waals surface area contributed by atoms with Gasteiger partial charge < -0.3 is 4.74 Å². The van der Waals surface area contributed by atoms with Crippen molar-refractivity contribution >= 4 is 15.9 Å². The Morgan fingerprint density at radius 1 is 1.04 bits per heavy atom. The van der Waals surface area contributed by atoms with E-state index in [2.05, 4.69) is 6.92 Å². The van der Waals surface area contributed by atoms with E-state index in [0.29, 0.717) is 12.8 Å². The van der Waals surface area contributed by atoms with Crippen molar-refractivity contribution in [3.8, 4) is 0 Å². The first-order valence-corrected chi connectivity index (χ1v) is 11.4. The molecule has 6 heteroatoms. The van der Waals surface area contributed by atoms with E-state index in [4.69, 9.17) is 9.29 Å². The fourth-order valence-electron chi connectivity index (χ4n) is 3.10. The van der Waals surface area contributed by atoms with Gasteiger partial charge in [-0.15, -0.1) is 0 Å². The summed E-state index contributed by atoms with van der Waals surface area (Å²) in [5.41, 5.74) is 0. The third kappa shape index (κ3) is 11.4. The highest BCUT2D eigenvalue weighted by atomic mass is 32.2. The standard InChI is InChI=1S/C19H34O5S/c1-2-3-4-5-6-7-8-9-10-11-12-13-18(20)19-15-14-17(24-19)16-25(21,22)23/h15,17H,2-14,16H2,1H3,(H,21,22,23). The van der Waals surface area contributed by atoms with Crippen LogP contribution in [-0.2, 0) is 19.6 Å².